The van der Waals surface area contributed by atoms with E-state index in [9.17, 15) is 5.11 Å². The zero-order chi connectivity index (χ0) is 17.3. The van der Waals surface area contributed by atoms with Crippen molar-refractivity contribution in [1.29, 1.82) is 0 Å². The summed E-state index contributed by atoms with van der Waals surface area (Å²) in [6.45, 7) is 5.81. The van der Waals surface area contributed by atoms with Crippen molar-refractivity contribution in [2.45, 2.75) is 38.1 Å². The Morgan fingerprint density at radius 2 is 1.67 bits per heavy atom. The van der Waals surface area contributed by atoms with E-state index in [4.69, 9.17) is 14.2 Å². The second kappa shape index (κ2) is 7.17. The van der Waals surface area contributed by atoms with Gasteiger partial charge in [-0.2, -0.15) is 0 Å². The number of methoxy groups -OCH3 is 3. The predicted molar refractivity (Wildman–Crippen MR) is 92.0 cm³/mol. The molecule has 6 heteroatoms. The molecule has 2 aliphatic heterocycles. The Kier molecular flexibility index (Phi) is 5.18. The number of benzene rings is 1. The number of hydrogen-bond acceptors (Lipinski definition) is 6. The van der Waals surface area contributed by atoms with E-state index in [0.717, 1.165) is 49.7 Å². The number of piperazine rings is 1. The van der Waals surface area contributed by atoms with E-state index in [-0.39, 0.29) is 6.10 Å². The molecule has 0 bridgehead atoms. The van der Waals surface area contributed by atoms with Crippen molar-refractivity contribution in [3.63, 3.8) is 0 Å². The molecule has 0 spiro atoms. The second-order valence-electron chi connectivity index (χ2n) is 6.79. The zero-order valence-corrected chi connectivity index (χ0v) is 15.0. The number of nitrogens with zero attached hydrogens (tertiary/aromatic N) is 2. The minimum atomic E-state index is -0.183. The number of hydrogen-bond donors (Lipinski definition) is 1. The third-order valence-electron chi connectivity index (χ3n) is 5.23. The summed E-state index contributed by atoms with van der Waals surface area (Å²) in [6, 6.07) is 4.76. The van der Waals surface area contributed by atoms with E-state index in [1.54, 1.807) is 21.3 Å². The van der Waals surface area contributed by atoms with Crippen molar-refractivity contribution < 1.29 is 19.3 Å². The normalized spacial score (nSPS) is 27.8. The highest BCUT2D eigenvalue weighted by Gasteiger charge is 2.38. The molecule has 0 aliphatic carbocycles. The maximum absolute atomic E-state index is 9.92. The average Bonchev–Trinajstić information content (AvgIpc) is 2.93. The number of aliphatic hydroxyl groups excluding tert-OH is 1. The summed E-state index contributed by atoms with van der Waals surface area (Å²) in [5.41, 5.74) is 1.09. The lowest BCUT2D eigenvalue weighted by Gasteiger charge is -2.42. The summed E-state index contributed by atoms with van der Waals surface area (Å²) in [4.78, 5) is 4.88. The van der Waals surface area contributed by atoms with Crippen LogP contribution in [-0.4, -0.2) is 74.1 Å². The highest BCUT2D eigenvalue weighted by atomic mass is 16.5. The Bertz CT molecular complexity index is 580. The van der Waals surface area contributed by atoms with Gasteiger partial charge in [-0.25, -0.2) is 0 Å². The SMILES string of the molecule is COc1cc(OC)c(OC)cc1CN1CC2C[C@@H](O)CN2C[C@@H]1C. The molecule has 1 unspecified atom stereocenters. The first-order valence-electron chi connectivity index (χ1n) is 8.50. The first-order chi connectivity index (χ1) is 11.5. The van der Waals surface area contributed by atoms with Crippen molar-refractivity contribution in [1.82, 2.24) is 9.80 Å². The van der Waals surface area contributed by atoms with Crippen molar-refractivity contribution in [2.75, 3.05) is 41.0 Å². The molecule has 1 aromatic carbocycles. The van der Waals surface area contributed by atoms with E-state index in [2.05, 4.69) is 16.7 Å². The van der Waals surface area contributed by atoms with Gasteiger partial charge in [0.25, 0.3) is 0 Å². The fourth-order valence-electron chi connectivity index (χ4n) is 3.93. The van der Waals surface area contributed by atoms with Gasteiger partial charge in [-0.1, -0.05) is 0 Å². The number of aliphatic hydroxyl groups is 1. The van der Waals surface area contributed by atoms with E-state index in [1.165, 1.54) is 0 Å². The third kappa shape index (κ3) is 3.31. The van der Waals surface area contributed by atoms with Gasteiger partial charge in [-0.3, -0.25) is 9.80 Å². The van der Waals surface area contributed by atoms with Crippen LogP contribution in [0.2, 0.25) is 0 Å². The molecule has 0 saturated carbocycles. The van der Waals surface area contributed by atoms with Gasteiger partial charge < -0.3 is 19.3 Å². The summed E-state index contributed by atoms with van der Waals surface area (Å²) < 4.78 is 16.4. The maximum atomic E-state index is 9.92. The molecule has 0 radical (unpaired) electrons. The van der Waals surface area contributed by atoms with Crippen LogP contribution in [0.1, 0.15) is 18.9 Å². The standard InChI is InChI=1S/C18H28N2O4/c1-12-8-20-11-15(21)6-14(20)10-19(12)9-13-5-17(23-3)18(24-4)7-16(13)22-2/h5,7,12,14-15,21H,6,8-11H2,1-4H3/t12-,14?,15+/m0/s1. The smallest absolute Gasteiger partial charge is 0.164 e. The van der Waals surface area contributed by atoms with Gasteiger partial charge >= 0.3 is 0 Å². The van der Waals surface area contributed by atoms with Gasteiger partial charge in [-0.05, 0) is 19.4 Å². The van der Waals surface area contributed by atoms with Crippen molar-refractivity contribution in [2.24, 2.45) is 0 Å². The lowest BCUT2D eigenvalue weighted by Crippen LogP contribution is -2.54. The fourth-order valence-corrected chi connectivity index (χ4v) is 3.93. The van der Waals surface area contributed by atoms with Crippen LogP contribution >= 0.6 is 0 Å². The molecule has 3 rings (SSSR count). The van der Waals surface area contributed by atoms with Crippen molar-refractivity contribution in [3.05, 3.63) is 17.7 Å². The van der Waals surface area contributed by atoms with Gasteiger partial charge in [0, 0.05) is 49.9 Å². The first kappa shape index (κ1) is 17.3. The van der Waals surface area contributed by atoms with Gasteiger partial charge in [0.1, 0.15) is 5.75 Å². The quantitative estimate of drug-likeness (QED) is 0.876. The van der Waals surface area contributed by atoms with Crippen LogP contribution < -0.4 is 14.2 Å². The highest BCUT2D eigenvalue weighted by Crippen LogP contribution is 2.36. The Hall–Kier alpha value is -1.50. The van der Waals surface area contributed by atoms with Crippen LogP contribution in [0, 0.1) is 0 Å². The van der Waals surface area contributed by atoms with Crippen LogP contribution in [0.5, 0.6) is 17.2 Å². The molecule has 3 atom stereocenters. The molecule has 1 aromatic rings. The van der Waals surface area contributed by atoms with Gasteiger partial charge in [0.15, 0.2) is 11.5 Å². The molecule has 24 heavy (non-hydrogen) atoms. The molecular weight excluding hydrogens is 308 g/mol. The highest BCUT2D eigenvalue weighted by molar-refractivity contribution is 5.50. The van der Waals surface area contributed by atoms with Crippen LogP contribution in [0.3, 0.4) is 0 Å². The minimum Gasteiger partial charge on any atom is -0.496 e. The Labute approximate surface area is 143 Å². The molecule has 2 heterocycles. The minimum absolute atomic E-state index is 0.183. The molecule has 2 fully saturated rings. The van der Waals surface area contributed by atoms with Gasteiger partial charge in [0.05, 0.1) is 27.4 Å². The molecule has 134 valence electrons. The molecule has 2 saturated heterocycles. The largest absolute Gasteiger partial charge is 0.496 e. The van der Waals surface area contributed by atoms with Gasteiger partial charge in [-0.15, -0.1) is 0 Å². The van der Waals surface area contributed by atoms with E-state index in [1.807, 2.05) is 12.1 Å². The lowest BCUT2D eigenvalue weighted by atomic mass is 10.1. The van der Waals surface area contributed by atoms with E-state index >= 15 is 0 Å². The first-order valence-corrected chi connectivity index (χ1v) is 8.50. The zero-order valence-electron chi connectivity index (χ0n) is 15.0. The topological polar surface area (TPSA) is 54.4 Å². The number of ether oxygens (including phenoxy) is 3. The Balaban J connectivity index is 1.79. The maximum Gasteiger partial charge on any atom is 0.164 e. The Morgan fingerprint density at radius 3 is 2.33 bits per heavy atom. The summed E-state index contributed by atoms with van der Waals surface area (Å²) in [5.74, 6) is 2.21. The number of rotatable bonds is 5. The fraction of sp³-hybridized carbons (Fsp3) is 0.667. The molecule has 0 aromatic heterocycles. The summed E-state index contributed by atoms with van der Waals surface area (Å²) in [6.07, 6.45) is 0.685. The molecule has 2 aliphatic rings. The molecular formula is C18H28N2O4. The summed E-state index contributed by atoms with van der Waals surface area (Å²) in [5, 5.41) is 9.92. The average molecular weight is 336 g/mol. The molecule has 0 amide bonds. The van der Waals surface area contributed by atoms with Crippen molar-refractivity contribution >= 4 is 0 Å². The lowest BCUT2D eigenvalue weighted by molar-refractivity contribution is 0.0523. The van der Waals surface area contributed by atoms with Gasteiger partial charge in [0.2, 0.25) is 0 Å². The number of fused-ring (bicyclic) bond motifs is 1. The monoisotopic (exact) mass is 336 g/mol. The summed E-state index contributed by atoms with van der Waals surface area (Å²) >= 11 is 0. The molecule has 1 N–H and O–H groups in total. The van der Waals surface area contributed by atoms with Crippen LogP contribution in [-0.2, 0) is 6.54 Å². The second-order valence-corrected chi connectivity index (χ2v) is 6.79. The third-order valence-corrected chi connectivity index (χ3v) is 5.23. The van der Waals surface area contributed by atoms with Crippen molar-refractivity contribution in [3.8, 4) is 17.2 Å². The predicted octanol–water partition coefficient (Wildman–Crippen LogP) is 1.35. The van der Waals surface area contributed by atoms with Crippen LogP contribution in [0.4, 0.5) is 0 Å². The van der Waals surface area contributed by atoms with Crippen LogP contribution in [0.25, 0.3) is 0 Å². The Morgan fingerprint density at radius 1 is 1.00 bits per heavy atom. The molecule has 6 nitrogen and oxygen atoms in total. The van der Waals surface area contributed by atoms with E-state index in [0.29, 0.717) is 17.8 Å². The summed E-state index contributed by atoms with van der Waals surface area (Å²) in [7, 11) is 4.96. The van der Waals surface area contributed by atoms with Crippen LogP contribution in [0.15, 0.2) is 12.1 Å². The van der Waals surface area contributed by atoms with E-state index < -0.39 is 0 Å².